The first kappa shape index (κ1) is 12.5. The number of ether oxygens (including phenoxy) is 1. The highest BCUT2D eigenvalue weighted by molar-refractivity contribution is 5.76. The molecule has 0 saturated carbocycles. The van der Waals surface area contributed by atoms with Gasteiger partial charge in [0.25, 0.3) is 0 Å². The summed E-state index contributed by atoms with van der Waals surface area (Å²) >= 11 is 0. The van der Waals surface area contributed by atoms with Crippen molar-refractivity contribution in [1.82, 2.24) is 10.2 Å². The predicted molar refractivity (Wildman–Crippen MR) is 59.7 cm³/mol. The molecule has 4 nitrogen and oxygen atoms in total. The van der Waals surface area contributed by atoms with Crippen LogP contribution in [0, 0.1) is 5.92 Å². The highest BCUT2D eigenvalue weighted by atomic mass is 16.5. The van der Waals surface area contributed by atoms with Crippen LogP contribution in [0.2, 0.25) is 0 Å². The van der Waals surface area contributed by atoms with E-state index in [1.54, 1.807) is 7.11 Å². The molecule has 1 aliphatic heterocycles. The Balaban J connectivity index is 2.29. The van der Waals surface area contributed by atoms with E-state index >= 15 is 0 Å². The van der Waals surface area contributed by atoms with E-state index in [0.717, 1.165) is 39.1 Å². The molecule has 15 heavy (non-hydrogen) atoms. The number of hydrogen-bond donors (Lipinski definition) is 1. The van der Waals surface area contributed by atoms with Gasteiger partial charge >= 0.3 is 0 Å². The second kappa shape index (κ2) is 6.80. The van der Waals surface area contributed by atoms with Gasteiger partial charge in [0, 0.05) is 33.2 Å². The van der Waals surface area contributed by atoms with Gasteiger partial charge in [-0.25, -0.2) is 0 Å². The number of rotatable bonds is 6. The normalized spacial score (nSPS) is 22.1. The van der Waals surface area contributed by atoms with Crippen LogP contribution in [0.4, 0.5) is 0 Å². The van der Waals surface area contributed by atoms with Crippen molar-refractivity contribution < 1.29 is 9.53 Å². The summed E-state index contributed by atoms with van der Waals surface area (Å²) in [5.74, 6) is 0.925. The van der Waals surface area contributed by atoms with Gasteiger partial charge in [-0.1, -0.05) is 0 Å². The lowest BCUT2D eigenvalue weighted by molar-refractivity contribution is -0.134. The van der Waals surface area contributed by atoms with Crippen molar-refractivity contribution in [2.45, 2.75) is 19.3 Å². The van der Waals surface area contributed by atoms with Crippen LogP contribution >= 0.6 is 0 Å². The molecular weight excluding hydrogens is 192 g/mol. The lowest BCUT2D eigenvalue weighted by atomic mass is 9.97. The lowest BCUT2D eigenvalue weighted by Crippen LogP contribution is -2.43. The van der Waals surface area contributed by atoms with Gasteiger partial charge in [0.2, 0.25) is 5.91 Å². The first-order valence-electron chi connectivity index (χ1n) is 5.69. The molecule has 0 aromatic rings. The zero-order valence-corrected chi connectivity index (χ0v) is 9.79. The number of piperidine rings is 1. The summed E-state index contributed by atoms with van der Waals surface area (Å²) in [6.07, 6.45) is 2.67. The smallest absolute Gasteiger partial charge is 0.222 e. The Morgan fingerprint density at radius 2 is 2.40 bits per heavy atom. The Hall–Kier alpha value is -0.610. The molecule has 0 radical (unpaired) electrons. The van der Waals surface area contributed by atoms with Crippen molar-refractivity contribution >= 4 is 5.91 Å². The monoisotopic (exact) mass is 214 g/mol. The molecule has 1 atom stereocenters. The fraction of sp³-hybridized carbons (Fsp3) is 0.909. The molecule has 1 rings (SSSR count). The van der Waals surface area contributed by atoms with E-state index < -0.39 is 0 Å². The van der Waals surface area contributed by atoms with E-state index in [-0.39, 0.29) is 0 Å². The van der Waals surface area contributed by atoms with Crippen LogP contribution in [0.5, 0.6) is 0 Å². The van der Waals surface area contributed by atoms with Gasteiger partial charge in [-0.3, -0.25) is 4.79 Å². The first-order chi connectivity index (χ1) is 7.27. The molecule has 1 amide bonds. The number of amides is 1. The minimum atomic E-state index is 0.304. The van der Waals surface area contributed by atoms with Crippen LogP contribution in [0.25, 0.3) is 0 Å². The lowest BCUT2D eigenvalue weighted by Gasteiger charge is -2.32. The maximum absolute atomic E-state index is 11.6. The van der Waals surface area contributed by atoms with Gasteiger partial charge in [-0.2, -0.15) is 0 Å². The molecule has 1 fully saturated rings. The minimum absolute atomic E-state index is 0.304. The summed E-state index contributed by atoms with van der Waals surface area (Å²) in [5.41, 5.74) is 0. The third-order valence-corrected chi connectivity index (χ3v) is 2.87. The number of carbonyl (C=O) groups excluding carboxylic acids is 1. The first-order valence-corrected chi connectivity index (χ1v) is 5.69. The highest BCUT2D eigenvalue weighted by Crippen LogP contribution is 2.16. The van der Waals surface area contributed by atoms with Gasteiger partial charge in [0.05, 0.1) is 0 Å². The highest BCUT2D eigenvalue weighted by Gasteiger charge is 2.24. The van der Waals surface area contributed by atoms with E-state index in [1.807, 2.05) is 11.9 Å². The number of nitrogens with one attached hydrogen (secondary N) is 1. The second-order valence-electron chi connectivity index (χ2n) is 4.15. The van der Waals surface area contributed by atoms with Crippen molar-refractivity contribution in [2.24, 2.45) is 5.92 Å². The molecule has 0 aliphatic carbocycles. The summed E-state index contributed by atoms with van der Waals surface area (Å²) in [4.78, 5) is 13.6. The third-order valence-electron chi connectivity index (χ3n) is 2.87. The molecule has 1 N–H and O–H groups in total. The number of carbonyl (C=O) groups is 1. The molecule has 88 valence electrons. The average Bonchev–Trinajstić information content (AvgIpc) is 2.23. The van der Waals surface area contributed by atoms with Crippen LogP contribution in [-0.2, 0) is 9.53 Å². The maximum atomic E-state index is 11.6. The van der Waals surface area contributed by atoms with Gasteiger partial charge in [0.15, 0.2) is 0 Å². The second-order valence-corrected chi connectivity index (χ2v) is 4.15. The Labute approximate surface area is 92.0 Å². The topological polar surface area (TPSA) is 41.6 Å². The zero-order valence-electron chi connectivity index (χ0n) is 9.79. The third kappa shape index (κ3) is 4.18. The SMILES string of the molecule is CNCC1CCC(=O)N(CCCOC)C1. The Morgan fingerprint density at radius 1 is 1.60 bits per heavy atom. The van der Waals surface area contributed by atoms with Crippen molar-refractivity contribution in [1.29, 1.82) is 0 Å². The Bertz CT molecular complexity index is 197. The molecule has 1 heterocycles. The molecule has 4 heteroatoms. The summed E-state index contributed by atoms with van der Waals surface area (Å²) in [5, 5.41) is 3.18. The number of hydrogen-bond acceptors (Lipinski definition) is 3. The summed E-state index contributed by atoms with van der Waals surface area (Å²) in [6, 6.07) is 0. The fourth-order valence-electron chi connectivity index (χ4n) is 2.06. The van der Waals surface area contributed by atoms with E-state index in [9.17, 15) is 4.79 Å². The summed E-state index contributed by atoms with van der Waals surface area (Å²) in [7, 11) is 3.66. The van der Waals surface area contributed by atoms with Crippen molar-refractivity contribution in [3.63, 3.8) is 0 Å². The quantitative estimate of drug-likeness (QED) is 0.654. The van der Waals surface area contributed by atoms with Crippen LogP contribution < -0.4 is 5.32 Å². The van der Waals surface area contributed by atoms with Crippen molar-refractivity contribution in [3.05, 3.63) is 0 Å². The standard InChI is InChI=1S/C11H22N2O2/c1-12-8-10-4-5-11(14)13(9-10)6-3-7-15-2/h10,12H,3-9H2,1-2H3. The van der Waals surface area contributed by atoms with E-state index in [0.29, 0.717) is 18.2 Å². The Morgan fingerprint density at radius 3 is 3.07 bits per heavy atom. The molecule has 1 saturated heterocycles. The van der Waals surface area contributed by atoms with Crippen LogP contribution in [0.1, 0.15) is 19.3 Å². The van der Waals surface area contributed by atoms with E-state index in [2.05, 4.69) is 5.32 Å². The summed E-state index contributed by atoms with van der Waals surface area (Å²) < 4.78 is 4.99. The Kier molecular flexibility index (Phi) is 5.65. The number of methoxy groups -OCH3 is 1. The van der Waals surface area contributed by atoms with Crippen LogP contribution in [-0.4, -0.2) is 51.2 Å². The summed E-state index contributed by atoms with van der Waals surface area (Å²) in [6.45, 7) is 3.49. The van der Waals surface area contributed by atoms with E-state index in [1.165, 1.54) is 0 Å². The minimum Gasteiger partial charge on any atom is -0.385 e. The number of likely N-dealkylation sites (tertiary alicyclic amines) is 1. The molecule has 0 aromatic heterocycles. The molecule has 0 spiro atoms. The zero-order chi connectivity index (χ0) is 11.1. The number of nitrogens with zero attached hydrogens (tertiary/aromatic N) is 1. The van der Waals surface area contributed by atoms with Gasteiger partial charge < -0.3 is 15.0 Å². The molecule has 0 aromatic carbocycles. The van der Waals surface area contributed by atoms with Gasteiger partial charge in [-0.05, 0) is 32.4 Å². The molecule has 1 aliphatic rings. The largest absolute Gasteiger partial charge is 0.385 e. The predicted octanol–water partition coefficient (Wildman–Crippen LogP) is 0.481. The molecular formula is C11H22N2O2. The fourth-order valence-corrected chi connectivity index (χ4v) is 2.06. The van der Waals surface area contributed by atoms with Crippen molar-refractivity contribution in [3.8, 4) is 0 Å². The molecule has 1 unspecified atom stereocenters. The van der Waals surface area contributed by atoms with E-state index in [4.69, 9.17) is 4.74 Å². The maximum Gasteiger partial charge on any atom is 0.222 e. The van der Waals surface area contributed by atoms with Gasteiger partial charge in [-0.15, -0.1) is 0 Å². The average molecular weight is 214 g/mol. The molecule has 0 bridgehead atoms. The van der Waals surface area contributed by atoms with Crippen LogP contribution in [0.3, 0.4) is 0 Å². The van der Waals surface area contributed by atoms with Gasteiger partial charge in [0.1, 0.15) is 0 Å². The van der Waals surface area contributed by atoms with Crippen molar-refractivity contribution in [2.75, 3.05) is 40.4 Å². The van der Waals surface area contributed by atoms with Crippen LogP contribution in [0.15, 0.2) is 0 Å².